The van der Waals surface area contributed by atoms with Crippen LogP contribution in [0.1, 0.15) is 12.0 Å². The lowest BCUT2D eigenvalue weighted by atomic mass is 10.2. The summed E-state index contributed by atoms with van der Waals surface area (Å²) in [6.45, 7) is -0.475. The number of rotatable bonds is 3. The van der Waals surface area contributed by atoms with Crippen LogP contribution in [0.5, 0.6) is 0 Å². The van der Waals surface area contributed by atoms with E-state index in [9.17, 15) is 26.3 Å². The van der Waals surface area contributed by atoms with Crippen molar-refractivity contribution in [3.63, 3.8) is 0 Å². The minimum absolute atomic E-state index is 0.0130. The quantitative estimate of drug-likeness (QED) is 0.780. The molecular weight excluding hydrogens is 328 g/mol. The summed E-state index contributed by atoms with van der Waals surface area (Å²) in [6, 6.07) is 2.90. The maximum atomic E-state index is 12.4. The van der Waals surface area contributed by atoms with E-state index in [0.29, 0.717) is 0 Å². The normalized spacial score (nSPS) is 12.6. The summed E-state index contributed by atoms with van der Waals surface area (Å²) in [5, 5.41) is 2.30. The monoisotopic (exact) mass is 335 g/mol. The van der Waals surface area contributed by atoms with E-state index in [0.717, 1.165) is 12.1 Å². The fourth-order valence-corrected chi connectivity index (χ4v) is 1.70. The van der Waals surface area contributed by atoms with E-state index >= 15 is 0 Å². The molecule has 0 amide bonds. The highest BCUT2D eigenvalue weighted by molar-refractivity contribution is 9.10. The SMILES string of the molecule is FC(F)(F)CCNc1cc(Br)cc(C(F)(F)F)c1. The molecule has 0 spiro atoms. The first kappa shape index (κ1) is 15.1. The number of nitrogens with one attached hydrogen (secondary N) is 1. The van der Waals surface area contributed by atoms with Crippen LogP contribution in [-0.4, -0.2) is 12.7 Å². The Morgan fingerprint density at radius 1 is 1.00 bits per heavy atom. The number of halogens is 7. The molecule has 0 radical (unpaired) electrons. The Hall–Kier alpha value is -0.920. The standard InChI is InChI=1S/C10H8BrF6N/c11-7-3-6(10(15,16)17)4-8(5-7)18-2-1-9(12,13)14/h3-5,18H,1-2H2. The van der Waals surface area contributed by atoms with Gasteiger partial charge in [0.25, 0.3) is 0 Å². The van der Waals surface area contributed by atoms with E-state index in [-0.39, 0.29) is 10.2 Å². The van der Waals surface area contributed by atoms with Gasteiger partial charge in [-0.25, -0.2) is 0 Å². The number of hydrogen-bond acceptors (Lipinski definition) is 1. The molecule has 0 unspecified atom stereocenters. The average molecular weight is 336 g/mol. The van der Waals surface area contributed by atoms with Crippen molar-refractivity contribution >= 4 is 21.6 Å². The molecule has 0 aliphatic rings. The first-order valence-electron chi connectivity index (χ1n) is 4.76. The van der Waals surface area contributed by atoms with Crippen molar-refractivity contribution in [1.29, 1.82) is 0 Å². The zero-order valence-electron chi connectivity index (χ0n) is 8.79. The van der Waals surface area contributed by atoms with Crippen LogP contribution in [0, 0.1) is 0 Å². The summed E-state index contributed by atoms with van der Waals surface area (Å²) in [5.74, 6) is 0. The van der Waals surface area contributed by atoms with Crippen LogP contribution in [0.4, 0.5) is 32.0 Å². The molecule has 1 rings (SSSR count). The van der Waals surface area contributed by atoms with Gasteiger partial charge in [0.05, 0.1) is 12.0 Å². The van der Waals surface area contributed by atoms with Gasteiger partial charge in [0.2, 0.25) is 0 Å². The molecule has 0 saturated carbocycles. The van der Waals surface area contributed by atoms with Crippen molar-refractivity contribution < 1.29 is 26.3 Å². The van der Waals surface area contributed by atoms with Gasteiger partial charge in [-0.2, -0.15) is 26.3 Å². The molecule has 0 aliphatic heterocycles. The molecule has 0 heterocycles. The Labute approximate surface area is 107 Å². The molecule has 1 N–H and O–H groups in total. The number of hydrogen-bond donors (Lipinski definition) is 1. The Balaban J connectivity index is 2.75. The van der Waals surface area contributed by atoms with Gasteiger partial charge in [-0.1, -0.05) is 15.9 Å². The molecule has 1 nitrogen and oxygen atoms in total. The van der Waals surface area contributed by atoms with Crippen molar-refractivity contribution in [2.24, 2.45) is 0 Å². The van der Waals surface area contributed by atoms with Crippen LogP contribution in [0.25, 0.3) is 0 Å². The average Bonchev–Trinajstić information content (AvgIpc) is 2.13. The predicted octanol–water partition coefficient (Wildman–Crippen LogP) is 4.83. The van der Waals surface area contributed by atoms with E-state index < -0.39 is 30.9 Å². The van der Waals surface area contributed by atoms with Crippen LogP contribution in [0.15, 0.2) is 22.7 Å². The van der Waals surface area contributed by atoms with Gasteiger partial charge in [0, 0.05) is 16.7 Å². The summed E-state index contributed by atoms with van der Waals surface area (Å²) < 4.78 is 73.1. The van der Waals surface area contributed by atoms with Gasteiger partial charge in [-0.15, -0.1) is 0 Å². The third-order valence-electron chi connectivity index (χ3n) is 1.96. The van der Waals surface area contributed by atoms with Crippen molar-refractivity contribution in [2.45, 2.75) is 18.8 Å². The third kappa shape index (κ3) is 5.16. The molecule has 0 bridgehead atoms. The summed E-state index contributed by atoms with van der Waals surface area (Å²) in [7, 11) is 0. The highest BCUT2D eigenvalue weighted by atomic mass is 79.9. The first-order valence-corrected chi connectivity index (χ1v) is 5.56. The molecule has 18 heavy (non-hydrogen) atoms. The van der Waals surface area contributed by atoms with Crippen LogP contribution >= 0.6 is 15.9 Å². The smallest absolute Gasteiger partial charge is 0.385 e. The van der Waals surface area contributed by atoms with Crippen LogP contribution in [0.3, 0.4) is 0 Å². The second kappa shape index (κ2) is 5.38. The third-order valence-corrected chi connectivity index (χ3v) is 2.42. The minimum Gasteiger partial charge on any atom is -0.385 e. The number of alkyl halides is 6. The minimum atomic E-state index is -4.54. The molecule has 0 saturated heterocycles. The van der Waals surface area contributed by atoms with E-state index in [1.807, 2.05) is 0 Å². The second-order valence-corrected chi connectivity index (χ2v) is 4.43. The van der Waals surface area contributed by atoms with E-state index in [1.165, 1.54) is 6.07 Å². The molecule has 0 aromatic heterocycles. The van der Waals surface area contributed by atoms with Crippen molar-refractivity contribution in [2.75, 3.05) is 11.9 Å². The molecule has 0 fully saturated rings. The summed E-state index contributed by atoms with van der Waals surface area (Å²) in [5.41, 5.74) is -0.938. The van der Waals surface area contributed by atoms with Crippen LogP contribution < -0.4 is 5.32 Å². The Bertz CT molecular complexity index is 412. The zero-order valence-corrected chi connectivity index (χ0v) is 10.4. The molecule has 0 atom stereocenters. The first-order chi connectivity index (χ1) is 8.08. The van der Waals surface area contributed by atoms with Gasteiger partial charge in [-0.3, -0.25) is 0 Å². The second-order valence-electron chi connectivity index (χ2n) is 3.52. The Morgan fingerprint density at radius 2 is 1.61 bits per heavy atom. The molecule has 102 valence electrons. The fourth-order valence-electron chi connectivity index (χ4n) is 1.20. The fraction of sp³-hybridized carbons (Fsp3) is 0.400. The van der Waals surface area contributed by atoms with Gasteiger partial charge in [0.15, 0.2) is 0 Å². The zero-order chi connectivity index (χ0) is 14.0. The lowest BCUT2D eigenvalue weighted by Crippen LogP contribution is -2.15. The van der Waals surface area contributed by atoms with E-state index in [2.05, 4.69) is 21.2 Å². The molecule has 1 aromatic rings. The lowest BCUT2D eigenvalue weighted by molar-refractivity contribution is -0.137. The highest BCUT2D eigenvalue weighted by Crippen LogP contribution is 2.33. The number of anilines is 1. The van der Waals surface area contributed by atoms with E-state index in [4.69, 9.17) is 0 Å². The molecule has 0 aliphatic carbocycles. The van der Waals surface area contributed by atoms with E-state index in [1.54, 1.807) is 0 Å². The maximum absolute atomic E-state index is 12.4. The van der Waals surface area contributed by atoms with Crippen LogP contribution in [-0.2, 0) is 6.18 Å². The van der Waals surface area contributed by atoms with Crippen molar-refractivity contribution in [3.8, 4) is 0 Å². The van der Waals surface area contributed by atoms with Gasteiger partial charge >= 0.3 is 12.4 Å². The van der Waals surface area contributed by atoms with Crippen molar-refractivity contribution in [1.82, 2.24) is 0 Å². The summed E-state index contributed by atoms with van der Waals surface area (Å²) in [4.78, 5) is 0. The lowest BCUT2D eigenvalue weighted by Gasteiger charge is -2.12. The summed E-state index contributed by atoms with van der Waals surface area (Å²) >= 11 is 2.87. The Morgan fingerprint density at radius 3 is 2.11 bits per heavy atom. The topological polar surface area (TPSA) is 12.0 Å². The van der Waals surface area contributed by atoms with Gasteiger partial charge in [0.1, 0.15) is 0 Å². The van der Waals surface area contributed by atoms with Gasteiger partial charge < -0.3 is 5.32 Å². The summed E-state index contributed by atoms with van der Waals surface area (Å²) in [6.07, 6.45) is -9.99. The number of benzene rings is 1. The van der Waals surface area contributed by atoms with Crippen LogP contribution in [0.2, 0.25) is 0 Å². The maximum Gasteiger partial charge on any atom is 0.416 e. The Kier molecular flexibility index (Phi) is 4.52. The predicted molar refractivity (Wildman–Crippen MR) is 58.3 cm³/mol. The molecular formula is C10H8BrF6N. The highest BCUT2D eigenvalue weighted by Gasteiger charge is 2.31. The molecule has 8 heteroatoms. The van der Waals surface area contributed by atoms with Crippen molar-refractivity contribution in [3.05, 3.63) is 28.2 Å². The largest absolute Gasteiger partial charge is 0.416 e. The van der Waals surface area contributed by atoms with Gasteiger partial charge in [-0.05, 0) is 18.2 Å². The molecule has 1 aromatic carbocycles.